The maximum atomic E-state index is 13.0. The Morgan fingerprint density at radius 3 is 2.61 bits per heavy atom. The van der Waals surface area contributed by atoms with Crippen LogP contribution in [0.1, 0.15) is 25.7 Å². The van der Waals surface area contributed by atoms with Gasteiger partial charge in [0.1, 0.15) is 6.61 Å². The molecule has 3 aliphatic heterocycles. The summed E-state index contributed by atoms with van der Waals surface area (Å²) >= 11 is 0. The van der Waals surface area contributed by atoms with E-state index in [1.165, 1.54) is 12.8 Å². The summed E-state index contributed by atoms with van der Waals surface area (Å²) in [5.41, 5.74) is 0. The number of benzene rings is 1. The number of carbonyl (C=O) groups is 1. The van der Waals surface area contributed by atoms with E-state index in [0.717, 1.165) is 31.7 Å². The van der Waals surface area contributed by atoms with Crippen molar-refractivity contribution in [3.05, 3.63) is 24.3 Å². The molecule has 23 heavy (non-hydrogen) atoms. The molecule has 0 saturated carbocycles. The summed E-state index contributed by atoms with van der Waals surface area (Å²) < 4.78 is 11.6. The monoisotopic (exact) mass is 316 g/mol. The molecule has 1 amide bonds. The van der Waals surface area contributed by atoms with Crippen molar-refractivity contribution >= 4 is 5.91 Å². The Hall–Kier alpha value is -1.75. The van der Waals surface area contributed by atoms with Crippen LogP contribution >= 0.6 is 0 Å². The highest BCUT2D eigenvalue weighted by molar-refractivity contribution is 5.82. The Morgan fingerprint density at radius 1 is 1.09 bits per heavy atom. The van der Waals surface area contributed by atoms with Crippen LogP contribution in [0, 0.1) is 0 Å². The third kappa shape index (κ3) is 2.67. The van der Waals surface area contributed by atoms with Gasteiger partial charge in [0.25, 0.3) is 5.91 Å². The third-order valence-corrected chi connectivity index (χ3v) is 5.39. The summed E-state index contributed by atoms with van der Waals surface area (Å²) in [6.07, 6.45) is 4.10. The molecule has 2 fully saturated rings. The highest BCUT2D eigenvalue weighted by Gasteiger charge is 2.41. The molecule has 0 spiro atoms. The van der Waals surface area contributed by atoms with Crippen molar-refractivity contribution in [2.75, 3.05) is 26.7 Å². The summed E-state index contributed by atoms with van der Waals surface area (Å²) in [4.78, 5) is 17.4. The minimum absolute atomic E-state index is 0.0855. The van der Waals surface area contributed by atoms with Crippen molar-refractivity contribution in [3.8, 4) is 11.5 Å². The Balaban J connectivity index is 1.48. The van der Waals surface area contributed by atoms with Crippen LogP contribution in [0.3, 0.4) is 0 Å². The van der Waals surface area contributed by atoms with Crippen molar-refractivity contribution in [1.29, 1.82) is 0 Å². The number of hydrogen-bond donors (Lipinski definition) is 0. The predicted molar refractivity (Wildman–Crippen MR) is 86.7 cm³/mol. The zero-order valence-corrected chi connectivity index (χ0v) is 13.6. The van der Waals surface area contributed by atoms with Crippen LogP contribution in [0.25, 0.3) is 0 Å². The van der Waals surface area contributed by atoms with Crippen LogP contribution in [-0.4, -0.2) is 60.6 Å². The molecule has 0 aliphatic carbocycles. The Bertz CT molecular complexity index is 591. The fraction of sp³-hybridized carbons (Fsp3) is 0.611. The SMILES string of the molecule is CN1CCC[C@@H]1[C@H]1CCCN1C(=O)[C@H]1COc2ccccc2O1. The highest BCUT2D eigenvalue weighted by Crippen LogP contribution is 2.33. The van der Waals surface area contributed by atoms with Crippen LogP contribution in [0.5, 0.6) is 11.5 Å². The summed E-state index contributed by atoms with van der Waals surface area (Å²) in [6.45, 7) is 2.29. The number of carbonyl (C=O) groups excluding carboxylic acids is 1. The molecule has 5 nitrogen and oxygen atoms in total. The van der Waals surface area contributed by atoms with Crippen LogP contribution in [-0.2, 0) is 4.79 Å². The van der Waals surface area contributed by atoms with Gasteiger partial charge in [0.2, 0.25) is 6.10 Å². The van der Waals surface area contributed by atoms with Crippen LogP contribution in [0.15, 0.2) is 24.3 Å². The van der Waals surface area contributed by atoms with Gasteiger partial charge in [-0.05, 0) is 51.4 Å². The largest absolute Gasteiger partial charge is 0.485 e. The molecule has 2 saturated heterocycles. The molecule has 3 heterocycles. The topological polar surface area (TPSA) is 42.0 Å². The van der Waals surface area contributed by atoms with E-state index in [-0.39, 0.29) is 5.91 Å². The lowest BCUT2D eigenvalue weighted by molar-refractivity contribution is -0.143. The van der Waals surface area contributed by atoms with Crippen molar-refractivity contribution in [1.82, 2.24) is 9.80 Å². The van der Waals surface area contributed by atoms with Crippen LogP contribution in [0.4, 0.5) is 0 Å². The molecule has 4 rings (SSSR count). The minimum atomic E-state index is -0.516. The minimum Gasteiger partial charge on any atom is -0.485 e. The molecular formula is C18H24N2O3. The Morgan fingerprint density at radius 2 is 1.83 bits per heavy atom. The van der Waals surface area contributed by atoms with Gasteiger partial charge in [-0.1, -0.05) is 12.1 Å². The molecule has 3 atom stereocenters. The van der Waals surface area contributed by atoms with E-state index < -0.39 is 6.10 Å². The second-order valence-corrected chi connectivity index (χ2v) is 6.80. The molecule has 1 aromatic rings. The van der Waals surface area contributed by atoms with Gasteiger partial charge >= 0.3 is 0 Å². The average molecular weight is 316 g/mol. The highest BCUT2D eigenvalue weighted by atomic mass is 16.6. The van der Waals surface area contributed by atoms with E-state index in [1.807, 2.05) is 24.3 Å². The molecule has 124 valence electrons. The molecule has 3 aliphatic rings. The number of nitrogens with zero attached hydrogens (tertiary/aromatic N) is 2. The number of likely N-dealkylation sites (tertiary alicyclic amines) is 2. The second-order valence-electron chi connectivity index (χ2n) is 6.80. The first kappa shape index (κ1) is 14.8. The molecule has 0 unspecified atom stereocenters. The molecular weight excluding hydrogens is 292 g/mol. The number of hydrogen-bond acceptors (Lipinski definition) is 4. The van der Waals surface area contributed by atoms with Gasteiger partial charge in [-0.25, -0.2) is 0 Å². The summed E-state index contributed by atoms with van der Waals surface area (Å²) in [5.74, 6) is 1.48. The number of rotatable bonds is 2. The standard InChI is InChI=1S/C18H24N2O3/c1-19-10-4-6-13(19)14-7-5-11-20(14)18(21)17-12-22-15-8-2-3-9-16(15)23-17/h2-3,8-9,13-14,17H,4-7,10-12H2,1H3/t13-,14-,17-/m1/s1. The maximum Gasteiger partial charge on any atom is 0.267 e. The molecule has 1 aromatic carbocycles. The smallest absolute Gasteiger partial charge is 0.267 e. The summed E-state index contributed by atoms with van der Waals surface area (Å²) in [6, 6.07) is 8.38. The van der Waals surface area contributed by atoms with Gasteiger partial charge in [-0.15, -0.1) is 0 Å². The van der Waals surface area contributed by atoms with Gasteiger partial charge in [-0.2, -0.15) is 0 Å². The average Bonchev–Trinajstić information content (AvgIpc) is 3.22. The molecule has 5 heteroatoms. The quantitative estimate of drug-likeness (QED) is 0.836. The molecule has 0 bridgehead atoms. The lowest BCUT2D eigenvalue weighted by Gasteiger charge is -2.36. The van der Waals surface area contributed by atoms with Crippen molar-refractivity contribution in [3.63, 3.8) is 0 Å². The summed E-state index contributed by atoms with van der Waals surface area (Å²) in [7, 11) is 2.18. The molecule has 0 radical (unpaired) electrons. The van der Waals surface area contributed by atoms with Crippen molar-refractivity contribution in [2.24, 2.45) is 0 Å². The van der Waals surface area contributed by atoms with E-state index in [1.54, 1.807) is 0 Å². The van der Waals surface area contributed by atoms with Crippen LogP contribution in [0.2, 0.25) is 0 Å². The third-order valence-electron chi connectivity index (χ3n) is 5.39. The molecule has 0 N–H and O–H groups in total. The maximum absolute atomic E-state index is 13.0. The van der Waals surface area contributed by atoms with Crippen molar-refractivity contribution < 1.29 is 14.3 Å². The van der Waals surface area contributed by atoms with E-state index in [9.17, 15) is 4.79 Å². The zero-order valence-electron chi connectivity index (χ0n) is 13.6. The number of para-hydroxylation sites is 2. The lowest BCUT2D eigenvalue weighted by atomic mass is 10.0. The van der Waals surface area contributed by atoms with Gasteiger partial charge < -0.3 is 19.3 Å². The van der Waals surface area contributed by atoms with E-state index in [2.05, 4.69) is 16.8 Å². The fourth-order valence-electron chi connectivity index (χ4n) is 4.21. The Kier molecular flexibility index (Phi) is 3.89. The first-order valence-electron chi connectivity index (χ1n) is 8.63. The fourth-order valence-corrected chi connectivity index (χ4v) is 4.21. The van der Waals surface area contributed by atoms with E-state index in [4.69, 9.17) is 9.47 Å². The number of ether oxygens (including phenoxy) is 2. The normalized spacial score (nSPS) is 30.7. The lowest BCUT2D eigenvalue weighted by Crippen LogP contribution is -2.53. The zero-order chi connectivity index (χ0) is 15.8. The second kappa shape index (κ2) is 6.04. The van der Waals surface area contributed by atoms with Gasteiger partial charge in [0, 0.05) is 18.6 Å². The Labute approximate surface area is 137 Å². The first-order valence-corrected chi connectivity index (χ1v) is 8.63. The van der Waals surface area contributed by atoms with Crippen molar-refractivity contribution in [2.45, 2.75) is 43.9 Å². The van der Waals surface area contributed by atoms with Gasteiger partial charge in [0.15, 0.2) is 11.5 Å². The predicted octanol–water partition coefficient (Wildman–Crippen LogP) is 1.91. The number of amides is 1. The summed E-state index contributed by atoms with van der Waals surface area (Å²) in [5, 5.41) is 0. The van der Waals surface area contributed by atoms with Crippen LogP contribution < -0.4 is 9.47 Å². The van der Waals surface area contributed by atoms with E-state index >= 15 is 0 Å². The number of fused-ring (bicyclic) bond motifs is 1. The molecule has 0 aromatic heterocycles. The van der Waals surface area contributed by atoms with Gasteiger partial charge in [0.05, 0.1) is 0 Å². The van der Waals surface area contributed by atoms with Gasteiger partial charge in [-0.3, -0.25) is 4.79 Å². The van der Waals surface area contributed by atoms with E-state index in [0.29, 0.717) is 24.4 Å². The number of likely N-dealkylation sites (N-methyl/N-ethyl adjacent to an activating group) is 1. The first-order chi connectivity index (χ1) is 11.2.